The van der Waals surface area contributed by atoms with E-state index in [4.69, 9.17) is 21.7 Å². The maximum Gasteiger partial charge on any atom is 0.238 e. The van der Waals surface area contributed by atoms with E-state index in [9.17, 15) is 8.42 Å². The number of sulfonamides is 1. The quantitative estimate of drug-likeness (QED) is 0.515. The lowest BCUT2D eigenvalue weighted by Gasteiger charge is -2.09. The van der Waals surface area contributed by atoms with Crippen molar-refractivity contribution in [2.45, 2.75) is 11.3 Å². The van der Waals surface area contributed by atoms with Gasteiger partial charge in [0.2, 0.25) is 10.0 Å². The fraction of sp³-hybridized carbons (Fsp3) is 0.0455. The van der Waals surface area contributed by atoms with Crippen LogP contribution in [-0.4, -0.2) is 18.0 Å². The van der Waals surface area contributed by atoms with Gasteiger partial charge in [0.05, 0.1) is 10.6 Å². The van der Waals surface area contributed by atoms with Crippen molar-refractivity contribution in [2.24, 2.45) is 5.14 Å². The van der Waals surface area contributed by atoms with Crippen LogP contribution >= 0.6 is 11.6 Å². The normalized spacial score (nSPS) is 11.5. The van der Waals surface area contributed by atoms with E-state index in [2.05, 4.69) is 12.1 Å². The molecule has 0 aliphatic rings. The number of rotatable bonds is 5. The van der Waals surface area contributed by atoms with Gasteiger partial charge in [-0.15, -0.1) is 0 Å². The number of hydrogen-bond acceptors (Lipinski definition) is 3. The molecule has 4 aromatic rings. The summed E-state index contributed by atoms with van der Waals surface area (Å²) in [6, 6.07) is 24.0. The number of benzene rings is 3. The standard InChI is InChI=1S/C22H18ClN3O2S/c23-18-8-6-17(7-9-18)22-25-19(14-16-4-2-1-3-5-16)15-26(22)20-10-12-21(13-11-20)29(24,27)28/h1-13,15H,14H2,(H2,24,27,28). The Morgan fingerprint density at radius 2 is 1.55 bits per heavy atom. The second-order valence-electron chi connectivity index (χ2n) is 6.63. The lowest BCUT2D eigenvalue weighted by atomic mass is 10.1. The Balaban J connectivity index is 1.79. The van der Waals surface area contributed by atoms with Gasteiger partial charge in [0.25, 0.3) is 0 Å². The minimum absolute atomic E-state index is 0.0684. The highest BCUT2D eigenvalue weighted by molar-refractivity contribution is 7.89. The number of hydrogen-bond donors (Lipinski definition) is 1. The Hall–Kier alpha value is -2.93. The molecule has 1 aromatic heterocycles. The van der Waals surface area contributed by atoms with Gasteiger partial charge in [-0.25, -0.2) is 18.5 Å². The van der Waals surface area contributed by atoms with Gasteiger partial charge < -0.3 is 0 Å². The average molecular weight is 424 g/mol. The number of aromatic nitrogens is 2. The predicted molar refractivity (Wildman–Crippen MR) is 115 cm³/mol. The average Bonchev–Trinajstić information content (AvgIpc) is 3.12. The molecule has 29 heavy (non-hydrogen) atoms. The lowest BCUT2D eigenvalue weighted by molar-refractivity contribution is 0.598. The zero-order chi connectivity index (χ0) is 20.4. The van der Waals surface area contributed by atoms with Crippen molar-refractivity contribution < 1.29 is 8.42 Å². The van der Waals surface area contributed by atoms with Crippen LogP contribution in [0, 0.1) is 0 Å². The summed E-state index contributed by atoms with van der Waals surface area (Å²) in [6.45, 7) is 0. The van der Waals surface area contributed by atoms with Crippen molar-refractivity contribution in [3.05, 3.63) is 101 Å². The lowest BCUT2D eigenvalue weighted by Crippen LogP contribution is -2.12. The van der Waals surface area contributed by atoms with Gasteiger partial charge >= 0.3 is 0 Å². The van der Waals surface area contributed by atoms with Crippen LogP contribution in [0.1, 0.15) is 11.3 Å². The first-order chi connectivity index (χ1) is 13.9. The molecule has 4 rings (SSSR count). The summed E-state index contributed by atoms with van der Waals surface area (Å²) in [7, 11) is -3.74. The van der Waals surface area contributed by atoms with E-state index in [0.29, 0.717) is 11.4 Å². The minimum atomic E-state index is -3.74. The molecule has 0 aliphatic heterocycles. The van der Waals surface area contributed by atoms with E-state index in [1.165, 1.54) is 12.1 Å². The van der Waals surface area contributed by atoms with E-state index in [1.807, 2.05) is 53.2 Å². The molecule has 0 saturated heterocycles. The second-order valence-corrected chi connectivity index (χ2v) is 8.63. The van der Waals surface area contributed by atoms with Gasteiger partial charge in [0.1, 0.15) is 5.82 Å². The maximum atomic E-state index is 11.6. The first-order valence-corrected chi connectivity index (χ1v) is 10.8. The molecule has 0 atom stereocenters. The molecule has 0 spiro atoms. The smallest absolute Gasteiger partial charge is 0.238 e. The van der Waals surface area contributed by atoms with Crippen LogP contribution in [-0.2, 0) is 16.4 Å². The second kappa shape index (κ2) is 7.83. The van der Waals surface area contributed by atoms with Crippen LogP contribution in [0.4, 0.5) is 0 Å². The molecule has 0 radical (unpaired) electrons. The SMILES string of the molecule is NS(=O)(=O)c1ccc(-n2cc(Cc3ccccc3)nc2-c2ccc(Cl)cc2)cc1. The van der Waals surface area contributed by atoms with Gasteiger partial charge in [0, 0.05) is 28.9 Å². The number of imidazole rings is 1. The summed E-state index contributed by atoms with van der Waals surface area (Å²) in [5.41, 5.74) is 3.75. The molecule has 1 heterocycles. The van der Waals surface area contributed by atoms with E-state index >= 15 is 0 Å². The molecule has 0 saturated carbocycles. The highest BCUT2D eigenvalue weighted by Gasteiger charge is 2.14. The van der Waals surface area contributed by atoms with E-state index < -0.39 is 10.0 Å². The van der Waals surface area contributed by atoms with E-state index in [-0.39, 0.29) is 4.90 Å². The maximum absolute atomic E-state index is 11.6. The zero-order valence-electron chi connectivity index (χ0n) is 15.4. The largest absolute Gasteiger partial charge is 0.300 e. The summed E-state index contributed by atoms with van der Waals surface area (Å²) in [6.07, 6.45) is 2.65. The van der Waals surface area contributed by atoms with Crippen LogP contribution in [0.25, 0.3) is 17.1 Å². The van der Waals surface area contributed by atoms with Crippen LogP contribution in [0.2, 0.25) is 5.02 Å². The molecule has 0 aliphatic carbocycles. The van der Waals surface area contributed by atoms with Gasteiger partial charge in [-0.2, -0.15) is 0 Å². The van der Waals surface area contributed by atoms with E-state index in [1.54, 1.807) is 12.1 Å². The van der Waals surface area contributed by atoms with Crippen LogP contribution in [0.3, 0.4) is 0 Å². The summed E-state index contributed by atoms with van der Waals surface area (Å²) in [5.74, 6) is 0.746. The first-order valence-electron chi connectivity index (χ1n) is 8.91. The Labute approximate surface area is 174 Å². The molecule has 5 nitrogen and oxygen atoms in total. The third-order valence-corrected chi connectivity index (χ3v) is 5.71. The summed E-state index contributed by atoms with van der Waals surface area (Å²) in [5, 5.41) is 5.86. The van der Waals surface area contributed by atoms with Crippen molar-refractivity contribution in [2.75, 3.05) is 0 Å². The Kier molecular flexibility index (Phi) is 5.24. The molecule has 2 N–H and O–H groups in total. The minimum Gasteiger partial charge on any atom is -0.300 e. The van der Waals surface area contributed by atoms with Crippen molar-refractivity contribution in [3.63, 3.8) is 0 Å². The summed E-state index contributed by atoms with van der Waals surface area (Å²) in [4.78, 5) is 4.90. The van der Waals surface area contributed by atoms with Crippen molar-refractivity contribution in [3.8, 4) is 17.1 Å². The Morgan fingerprint density at radius 1 is 0.897 bits per heavy atom. The highest BCUT2D eigenvalue weighted by atomic mass is 35.5. The van der Waals surface area contributed by atoms with Gasteiger partial charge in [-0.05, 0) is 54.1 Å². The molecular weight excluding hydrogens is 406 g/mol. The topological polar surface area (TPSA) is 78.0 Å². The highest BCUT2D eigenvalue weighted by Crippen LogP contribution is 2.26. The number of nitrogens with zero attached hydrogens (tertiary/aromatic N) is 2. The molecule has 0 unspecified atom stereocenters. The predicted octanol–water partition coefficient (Wildman–Crippen LogP) is 4.43. The number of nitrogens with two attached hydrogens (primary N) is 1. The van der Waals surface area contributed by atoms with Crippen LogP contribution < -0.4 is 5.14 Å². The molecule has 3 aromatic carbocycles. The summed E-state index contributed by atoms with van der Waals surface area (Å²) >= 11 is 6.03. The van der Waals surface area contributed by atoms with Crippen LogP contribution in [0.5, 0.6) is 0 Å². The third-order valence-electron chi connectivity index (χ3n) is 4.53. The Morgan fingerprint density at radius 3 is 2.17 bits per heavy atom. The molecule has 7 heteroatoms. The van der Waals surface area contributed by atoms with Gasteiger partial charge in [0.15, 0.2) is 0 Å². The van der Waals surface area contributed by atoms with Gasteiger partial charge in [-0.3, -0.25) is 4.57 Å². The fourth-order valence-electron chi connectivity index (χ4n) is 3.11. The number of halogens is 1. The van der Waals surface area contributed by atoms with Crippen molar-refractivity contribution >= 4 is 21.6 Å². The Bertz CT molecular complexity index is 1230. The number of primary sulfonamides is 1. The molecule has 146 valence electrons. The van der Waals surface area contributed by atoms with Crippen molar-refractivity contribution in [1.29, 1.82) is 0 Å². The fourth-order valence-corrected chi connectivity index (χ4v) is 3.76. The molecule has 0 amide bonds. The van der Waals surface area contributed by atoms with Crippen LogP contribution in [0.15, 0.2) is 90.0 Å². The van der Waals surface area contributed by atoms with Crippen molar-refractivity contribution in [1.82, 2.24) is 9.55 Å². The third kappa shape index (κ3) is 4.40. The molecule has 0 bridgehead atoms. The molecular formula is C22H18ClN3O2S. The first kappa shape index (κ1) is 19.4. The van der Waals surface area contributed by atoms with E-state index in [0.717, 1.165) is 28.3 Å². The monoisotopic (exact) mass is 423 g/mol. The summed E-state index contributed by atoms with van der Waals surface area (Å²) < 4.78 is 25.0. The molecule has 0 fully saturated rings. The van der Waals surface area contributed by atoms with Gasteiger partial charge in [-0.1, -0.05) is 41.9 Å². The zero-order valence-corrected chi connectivity index (χ0v) is 16.9.